The molecule has 1 saturated heterocycles. The number of piperidine rings is 1. The molecule has 0 saturated carbocycles. The van der Waals surface area contributed by atoms with Gasteiger partial charge in [0.15, 0.2) is 5.82 Å². The van der Waals surface area contributed by atoms with Gasteiger partial charge in [-0.3, -0.25) is 5.32 Å². The average Bonchev–Trinajstić information content (AvgIpc) is 3.33. The van der Waals surface area contributed by atoms with E-state index in [0.717, 1.165) is 36.1 Å². The van der Waals surface area contributed by atoms with Crippen molar-refractivity contribution in [2.45, 2.75) is 26.2 Å². The van der Waals surface area contributed by atoms with Crippen LogP contribution in [0.3, 0.4) is 0 Å². The molecule has 4 rings (SSSR count). The first-order chi connectivity index (χ1) is 15.7. The van der Waals surface area contributed by atoms with E-state index in [9.17, 15) is 4.79 Å². The Hall–Kier alpha value is -3.68. The van der Waals surface area contributed by atoms with Gasteiger partial charge >= 0.3 is 6.03 Å². The first-order valence-corrected chi connectivity index (χ1v) is 10.8. The maximum atomic E-state index is 12.5. The number of ether oxygens (including phenoxy) is 1. The Bertz CT molecular complexity index is 1040. The fraction of sp³-hybridized carbons (Fsp3) is 0.333. The molecule has 0 radical (unpaired) electrons. The van der Waals surface area contributed by atoms with Crippen LogP contribution in [0.25, 0.3) is 6.08 Å². The number of rotatable bonds is 7. The standard InChI is InChI=1S/C24H27N5O3/c1-18-16-29(24(30)27-23-8-3-10-25-28-23)11-9-21(18)13-19-5-2-7-22(14-19)31-12-4-6-20-15-26-32-17-20/h2-3,5,7-8,10,13-15,17-18H,4,6,9,11-12,16H2,1H3,(H,27,28,30)/b21-13+. The number of hydrogen-bond acceptors (Lipinski definition) is 6. The first-order valence-electron chi connectivity index (χ1n) is 10.8. The summed E-state index contributed by atoms with van der Waals surface area (Å²) in [6, 6.07) is 11.5. The summed E-state index contributed by atoms with van der Waals surface area (Å²) >= 11 is 0. The molecule has 2 aromatic heterocycles. The molecular formula is C24H27N5O3. The van der Waals surface area contributed by atoms with E-state index in [1.54, 1.807) is 30.8 Å². The normalized spacial score (nSPS) is 17.3. The van der Waals surface area contributed by atoms with Crippen molar-refractivity contribution in [2.24, 2.45) is 5.92 Å². The largest absolute Gasteiger partial charge is 0.494 e. The van der Waals surface area contributed by atoms with Gasteiger partial charge in [0, 0.05) is 24.8 Å². The Labute approximate surface area is 187 Å². The smallest absolute Gasteiger partial charge is 0.323 e. The van der Waals surface area contributed by atoms with Crippen molar-refractivity contribution in [3.63, 3.8) is 0 Å². The average molecular weight is 434 g/mol. The number of carbonyl (C=O) groups is 1. The number of urea groups is 1. The van der Waals surface area contributed by atoms with E-state index in [1.807, 2.05) is 17.0 Å². The van der Waals surface area contributed by atoms with Gasteiger partial charge in [-0.25, -0.2) is 4.79 Å². The maximum Gasteiger partial charge on any atom is 0.323 e. The van der Waals surface area contributed by atoms with Crippen molar-refractivity contribution in [1.82, 2.24) is 20.3 Å². The number of nitrogens with zero attached hydrogens (tertiary/aromatic N) is 4. The summed E-state index contributed by atoms with van der Waals surface area (Å²) in [4.78, 5) is 14.4. The van der Waals surface area contributed by atoms with Crippen LogP contribution in [0, 0.1) is 5.92 Å². The van der Waals surface area contributed by atoms with E-state index in [1.165, 1.54) is 5.57 Å². The van der Waals surface area contributed by atoms with E-state index < -0.39 is 0 Å². The number of likely N-dealkylation sites (tertiary alicyclic amines) is 1. The summed E-state index contributed by atoms with van der Waals surface area (Å²) in [6.45, 7) is 4.12. The number of benzene rings is 1. The monoisotopic (exact) mass is 433 g/mol. The van der Waals surface area contributed by atoms with Crippen molar-refractivity contribution in [1.29, 1.82) is 0 Å². The molecule has 1 aromatic carbocycles. The lowest BCUT2D eigenvalue weighted by atomic mass is 9.91. The molecule has 0 bridgehead atoms. The summed E-state index contributed by atoms with van der Waals surface area (Å²) in [7, 11) is 0. The van der Waals surface area contributed by atoms with Crippen LogP contribution in [0.5, 0.6) is 5.75 Å². The fourth-order valence-corrected chi connectivity index (χ4v) is 3.73. The van der Waals surface area contributed by atoms with Crippen LogP contribution in [0.15, 0.2) is 65.2 Å². The summed E-state index contributed by atoms with van der Waals surface area (Å²) in [5, 5.41) is 14.2. The molecule has 0 aliphatic carbocycles. The van der Waals surface area contributed by atoms with Crippen molar-refractivity contribution in [3.8, 4) is 5.75 Å². The molecule has 1 aliphatic heterocycles. The molecule has 1 fully saturated rings. The van der Waals surface area contributed by atoms with Gasteiger partial charge in [-0.2, -0.15) is 5.10 Å². The lowest BCUT2D eigenvalue weighted by Gasteiger charge is -2.33. The number of carbonyl (C=O) groups excluding carboxylic acids is 1. The molecule has 8 heteroatoms. The van der Waals surface area contributed by atoms with E-state index in [-0.39, 0.29) is 11.9 Å². The number of aromatic nitrogens is 3. The molecule has 1 atom stereocenters. The summed E-state index contributed by atoms with van der Waals surface area (Å²) in [5.41, 5.74) is 3.52. The van der Waals surface area contributed by atoms with Gasteiger partial charge in [0.1, 0.15) is 12.0 Å². The van der Waals surface area contributed by atoms with Crippen LogP contribution in [0.1, 0.15) is 30.9 Å². The maximum absolute atomic E-state index is 12.5. The molecule has 3 heterocycles. The number of anilines is 1. The van der Waals surface area contributed by atoms with Gasteiger partial charge < -0.3 is 14.2 Å². The highest BCUT2D eigenvalue weighted by Gasteiger charge is 2.24. The Balaban J connectivity index is 1.29. The fourth-order valence-electron chi connectivity index (χ4n) is 3.73. The minimum absolute atomic E-state index is 0.141. The minimum atomic E-state index is -0.141. The highest BCUT2D eigenvalue weighted by atomic mass is 16.5. The van der Waals surface area contributed by atoms with Crippen LogP contribution in [0.2, 0.25) is 0 Å². The molecule has 8 nitrogen and oxygen atoms in total. The second kappa shape index (κ2) is 10.6. The van der Waals surface area contributed by atoms with Crippen LogP contribution >= 0.6 is 0 Å². The highest BCUT2D eigenvalue weighted by molar-refractivity contribution is 5.88. The molecule has 1 aliphatic rings. The molecule has 3 aromatic rings. The predicted octanol–water partition coefficient (Wildman–Crippen LogP) is 4.43. The van der Waals surface area contributed by atoms with Gasteiger partial charge in [-0.1, -0.05) is 35.9 Å². The zero-order chi connectivity index (χ0) is 22.2. The van der Waals surface area contributed by atoms with Gasteiger partial charge in [0.25, 0.3) is 0 Å². The van der Waals surface area contributed by atoms with Crippen molar-refractivity contribution < 1.29 is 14.1 Å². The van der Waals surface area contributed by atoms with Gasteiger partial charge in [0.05, 0.1) is 12.8 Å². The summed E-state index contributed by atoms with van der Waals surface area (Å²) in [6.07, 6.45) is 9.80. The minimum Gasteiger partial charge on any atom is -0.494 e. The molecule has 166 valence electrons. The number of amides is 2. The molecule has 32 heavy (non-hydrogen) atoms. The first kappa shape index (κ1) is 21.5. The van der Waals surface area contributed by atoms with Crippen LogP contribution < -0.4 is 10.1 Å². The van der Waals surface area contributed by atoms with Crippen molar-refractivity contribution >= 4 is 17.9 Å². The van der Waals surface area contributed by atoms with Crippen molar-refractivity contribution in [2.75, 3.05) is 25.0 Å². The predicted molar refractivity (Wildman–Crippen MR) is 121 cm³/mol. The zero-order valence-electron chi connectivity index (χ0n) is 18.1. The van der Waals surface area contributed by atoms with Gasteiger partial charge in [-0.15, -0.1) is 5.10 Å². The molecule has 0 spiro atoms. The Morgan fingerprint density at radius 2 is 2.28 bits per heavy atom. The topological polar surface area (TPSA) is 93.4 Å². The van der Waals surface area contributed by atoms with E-state index >= 15 is 0 Å². The molecule has 2 amide bonds. The van der Waals surface area contributed by atoms with Crippen LogP contribution in [-0.2, 0) is 6.42 Å². The van der Waals surface area contributed by atoms with Crippen LogP contribution in [0.4, 0.5) is 10.6 Å². The molecule has 1 N–H and O–H groups in total. The number of hydrogen-bond donors (Lipinski definition) is 1. The Morgan fingerprint density at radius 1 is 1.34 bits per heavy atom. The van der Waals surface area contributed by atoms with Crippen molar-refractivity contribution in [3.05, 3.63) is 71.8 Å². The van der Waals surface area contributed by atoms with E-state index in [4.69, 9.17) is 9.26 Å². The van der Waals surface area contributed by atoms with Crippen LogP contribution in [-0.4, -0.2) is 46.0 Å². The number of nitrogens with one attached hydrogen (secondary N) is 1. The highest BCUT2D eigenvalue weighted by Crippen LogP contribution is 2.26. The second-order valence-electron chi connectivity index (χ2n) is 7.91. The molecular weight excluding hydrogens is 406 g/mol. The van der Waals surface area contributed by atoms with Gasteiger partial charge in [-0.05, 0) is 55.0 Å². The SMILES string of the molecule is CC1CN(C(=O)Nc2cccnn2)CC/C1=C\c1cccc(OCCCc2cnoc2)c1. The van der Waals surface area contributed by atoms with E-state index in [0.29, 0.717) is 25.5 Å². The van der Waals surface area contributed by atoms with E-state index in [2.05, 4.69) is 45.8 Å². The second-order valence-corrected chi connectivity index (χ2v) is 7.91. The Kier molecular flexibility index (Phi) is 7.12. The summed E-state index contributed by atoms with van der Waals surface area (Å²) < 4.78 is 10.8. The Morgan fingerprint density at radius 3 is 3.06 bits per heavy atom. The lowest BCUT2D eigenvalue weighted by molar-refractivity contribution is 0.197. The third kappa shape index (κ3) is 5.94. The summed E-state index contributed by atoms with van der Waals surface area (Å²) in [5.74, 6) is 1.59. The quantitative estimate of drug-likeness (QED) is 0.554. The molecule has 1 unspecified atom stereocenters. The zero-order valence-corrected chi connectivity index (χ0v) is 18.1. The third-order valence-corrected chi connectivity index (χ3v) is 5.46. The van der Waals surface area contributed by atoms with Gasteiger partial charge in [0.2, 0.25) is 0 Å². The number of aryl methyl sites for hydroxylation is 1. The third-order valence-electron chi connectivity index (χ3n) is 5.46. The lowest BCUT2D eigenvalue weighted by Crippen LogP contribution is -2.42.